The normalized spacial score (nSPS) is 12.7. The largest absolute Gasteiger partial charge is 0.447 e. The minimum absolute atomic E-state index is 0.0530. The van der Waals surface area contributed by atoms with Gasteiger partial charge in [0.05, 0.1) is 0 Å². The molecule has 0 aliphatic carbocycles. The topological polar surface area (TPSA) is 111 Å². The van der Waals surface area contributed by atoms with E-state index >= 15 is 0 Å². The first-order chi connectivity index (χ1) is 9.24. The first kappa shape index (κ1) is 18.5. The van der Waals surface area contributed by atoms with Crippen LogP contribution in [0.5, 0.6) is 0 Å². The monoisotopic (exact) mass is 287 g/mol. The Bertz CT molecular complexity index is 336. The van der Waals surface area contributed by atoms with Crippen molar-refractivity contribution >= 4 is 6.09 Å². The Morgan fingerprint density at radius 3 is 2.75 bits per heavy atom. The van der Waals surface area contributed by atoms with Crippen LogP contribution in [0, 0.1) is 0 Å². The van der Waals surface area contributed by atoms with Gasteiger partial charge in [-0.2, -0.15) is 0 Å². The van der Waals surface area contributed by atoms with Gasteiger partial charge in [-0.1, -0.05) is 5.11 Å². The molecule has 8 nitrogen and oxygen atoms in total. The van der Waals surface area contributed by atoms with Crippen LogP contribution in [0.3, 0.4) is 0 Å². The fourth-order valence-corrected chi connectivity index (χ4v) is 1.47. The zero-order chi connectivity index (χ0) is 15.6. The van der Waals surface area contributed by atoms with Crippen molar-refractivity contribution in [1.29, 1.82) is 0 Å². The van der Waals surface area contributed by atoms with Crippen molar-refractivity contribution in [2.75, 3.05) is 33.3 Å². The molecular formula is C12H25N5O3. The van der Waals surface area contributed by atoms with Crippen LogP contribution in [0.1, 0.15) is 27.2 Å². The lowest BCUT2D eigenvalue weighted by atomic mass is 10.1. The molecule has 8 heteroatoms. The van der Waals surface area contributed by atoms with Crippen molar-refractivity contribution in [2.24, 2.45) is 5.11 Å². The summed E-state index contributed by atoms with van der Waals surface area (Å²) < 4.78 is 4.93. The number of hydrogen-bond donors (Lipinski definition) is 2. The number of carbonyl (C=O) groups excluding carboxylic acids is 1. The van der Waals surface area contributed by atoms with Gasteiger partial charge in [-0.15, -0.1) is 0 Å². The molecule has 0 aromatic heterocycles. The molecule has 2 N–H and O–H groups in total. The predicted octanol–water partition coefficient (Wildman–Crippen LogP) is 1.50. The number of likely N-dealkylation sites (N-methyl/N-ethyl adjacent to an activating group) is 1. The summed E-state index contributed by atoms with van der Waals surface area (Å²) in [7, 11) is 1.84. The average molecular weight is 287 g/mol. The Morgan fingerprint density at radius 2 is 2.20 bits per heavy atom. The van der Waals surface area contributed by atoms with Gasteiger partial charge in [0.25, 0.3) is 0 Å². The Balaban J connectivity index is 3.79. The maximum Gasteiger partial charge on any atom is 0.407 e. The number of nitrogens with one attached hydrogen (secondary N) is 1. The highest BCUT2D eigenvalue weighted by atomic mass is 16.6. The van der Waals surface area contributed by atoms with E-state index < -0.39 is 12.2 Å². The van der Waals surface area contributed by atoms with E-state index in [2.05, 4.69) is 15.3 Å². The predicted molar refractivity (Wildman–Crippen MR) is 76.4 cm³/mol. The number of aliphatic hydroxyl groups excluding tert-OH is 1. The van der Waals surface area contributed by atoms with Crippen LogP contribution in [0.25, 0.3) is 10.4 Å². The van der Waals surface area contributed by atoms with Crippen molar-refractivity contribution in [1.82, 2.24) is 10.2 Å². The van der Waals surface area contributed by atoms with Gasteiger partial charge in [0.15, 0.2) is 0 Å². The van der Waals surface area contributed by atoms with E-state index in [1.54, 1.807) is 0 Å². The fourth-order valence-electron chi connectivity index (χ4n) is 1.47. The molecule has 0 radical (unpaired) electrons. The Hall–Kier alpha value is -1.50. The molecule has 0 spiro atoms. The maximum atomic E-state index is 11.4. The number of azide groups is 1. The van der Waals surface area contributed by atoms with Crippen LogP contribution < -0.4 is 5.32 Å². The van der Waals surface area contributed by atoms with Crippen molar-refractivity contribution in [2.45, 2.75) is 38.8 Å². The Morgan fingerprint density at radius 1 is 1.55 bits per heavy atom. The quantitative estimate of drug-likeness (QED) is 0.305. The lowest BCUT2D eigenvalue weighted by molar-refractivity contribution is 0.0465. The molecule has 116 valence electrons. The van der Waals surface area contributed by atoms with E-state index in [1.165, 1.54) is 0 Å². The number of hydrogen-bond acceptors (Lipinski definition) is 5. The number of amides is 1. The number of alkyl carbamates (subject to hydrolysis) is 1. The Labute approximate surface area is 119 Å². The van der Waals surface area contributed by atoms with E-state index in [4.69, 9.17) is 10.3 Å². The maximum absolute atomic E-state index is 11.4. The van der Waals surface area contributed by atoms with Gasteiger partial charge >= 0.3 is 6.09 Å². The second-order valence-corrected chi connectivity index (χ2v) is 5.70. The van der Waals surface area contributed by atoms with Crippen LogP contribution in [-0.2, 0) is 4.74 Å². The van der Waals surface area contributed by atoms with Gasteiger partial charge in [-0.3, -0.25) is 0 Å². The van der Waals surface area contributed by atoms with E-state index in [0.717, 1.165) is 6.42 Å². The summed E-state index contributed by atoms with van der Waals surface area (Å²) >= 11 is 0. The van der Waals surface area contributed by atoms with Gasteiger partial charge in [0.1, 0.15) is 12.7 Å². The number of aliphatic hydroxyl groups is 1. The first-order valence-electron chi connectivity index (χ1n) is 6.57. The minimum atomic E-state index is -0.745. The smallest absolute Gasteiger partial charge is 0.407 e. The zero-order valence-electron chi connectivity index (χ0n) is 12.7. The van der Waals surface area contributed by atoms with Gasteiger partial charge in [-0.25, -0.2) is 4.79 Å². The minimum Gasteiger partial charge on any atom is -0.447 e. The molecule has 0 saturated carbocycles. The molecule has 0 aliphatic rings. The van der Waals surface area contributed by atoms with E-state index in [9.17, 15) is 9.90 Å². The van der Waals surface area contributed by atoms with Gasteiger partial charge < -0.3 is 20.1 Å². The summed E-state index contributed by atoms with van der Waals surface area (Å²) in [6.07, 6.45) is -0.564. The van der Waals surface area contributed by atoms with E-state index in [0.29, 0.717) is 19.6 Å². The number of ether oxygens (including phenoxy) is 1. The van der Waals surface area contributed by atoms with Crippen molar-refractivity contribution in [3.8, 4) is 0 Å². The molecule has 0 bridgehead atoms. The highest BCUT2D eigenvalue weighted by Gasteiger charge is 2.16. The zero-order valence-corrected chi connectivity index (χ0v) is 12.7. The average Bonchev–Trinajstić information content (AvgIpc) is 2.30. The molecule has 0 rings (SSSR count). The summed E-state index contributed by atoms with van der Waals surface area (Å²) in [4.78, 5) is 15.9. The summed E-state index contributed by atoms with van der Waals surface area (Å²) in [6.45, 7) is 7.01. The van der Waals surface area contributed by atoms with Crippen LogP contribution in [0.4, 0.5) is 4.79 Å². The third-order valence-electron chi connectivity index (χ3n) is 2.27. The molecule has 0 fully saturated rings. The molecule has 0 aromatic carbocycles. The summed E-state index contributed by atoms with van der Waals surface area (Å²) in [6, 6.07) is 0. The van der Waals surface area contributed by atoms with Crippen molar-refractivity contribution < 1.29 is 14.6 Å². The summed E-state index contributed by atoms with van der Waals surface area (Å²) in [5.74, 6) is 0. The van der Waals surface area contributed by atoms with Crippen LogP contribution in [0.2, 0.25) is 0 Å². The molecule has 0 saturated heterocycles. The second kappa shape index (κ2) is 9.41. The molecule has 0 aromatic rings. The van der Waals surface area contributed by atoms with Crippen LogP contribution in [0.15, 0.2) is 5.11 Å². The highest BCUT2D eigenvalue weighted by Crippen LogP contribution is 2.00. The number of nitrogens with zero attached hydrogens (tertiary/aromatic N) is 4. The standard InChI is InChI=1S/C12H25N5O3/c1-12(2,3)15-11(19)20-9-10(18)8-17(4)7-5-6-14-16-13/h10,18H,5-9H2,1-4H3,(H,15,19)/t10-/m0/s1. The lowest BCUT2D eigenvalue weighted by Gasteiger charge is -2.22. The van der Waals surface area contributed by atoms with Crippen LogP contribution >= 0.6 is 0 Å². The molecule has 0 aliphatic heterocycles. The SMILES string of the molecule is CN(CCCN=[N+]=[N-])C[C@H](O)COC(=O)NC(C)(C)C. The van der Waals surface area contributed by atoms with Crippen molar-refractivity contribution in [3.05, 3.63) is 10.4 Å². The first-order valence-corrected chi connectivity index (χ1v) is 6.57. The third-order valence-corrected chi connectivity index (χ3v) is 2.27. The molecule has 0 heterocycles. The highest BCUT2D eigenvalue weighted by molar-refractivity contribution is 5.68. The van der Waals surface area contributed by atoms with E-state index in [1.807, 2.05) is 32.7 Å². The number of carbonyl (C=O) groups is 1. The summed E-state index contributed by atoms with van der Waals surface area (Å²) in [5.41, 5.74) is 7.77. The molecule has 1 atom stereocenters. The van der Waals surface area contributed by atoms with Crippen molar-refractivity contribution in [3.63, 3.8) is 0 Å². The van der Waals surface area contributed by atoms with E-state index in [-0.39, 0.29) is 12.1 Å². The lowest BCUT2D eigenvalue weighted by Crippen LogP contribution is -2.42. The Kier molecular flexibility index (Phi) is 8.71. The second-order valence-electron chi connectivity index (χ2n) is 5.70. The third kappa shape index (κ3) is 11.6. The van der Waals surface area contributed by atoms with Gasteiger partial charge in [0, 0.05) is 23.5 Å². The molecule has 1 amide bonds. The van der Waals surface area contributed by atoms with Gasteiger partial charge in [0.2, 0.25) is 0 Å². The summed E-state index contributed by atoms with van der Waals surface area (Å²) in [5, 5.41) is 15.8. The molecular weight excluding hydrogens is 262 g/mol. The molecule has 0 unspecified atom stereocenters. The molecule has 20 heavy (non-hydrogen) atoms. The number of rotatable bonds is 8. The van der Waals surface area contributed by atoms with Gasteiger partial charge in [-0.05, 0) is 46.3 Å². The fraction of sp³-hybridized carbons (Fsp3) is 0.917. The van der Waals surface area contributed by atoms with Crippen LogP contribution in [-0.4, -0.2) is 61.0 Å².